The second-order valence-corrected chi connectivity index (χ2v) is 4.97. The van der Waals surface area contributed by atoms with Crippen LogP contribution in [0.1, 0.15) is 0 Å². The first-order chi connectivity index (χ1) is 10.0. The molecule has 2 N–H and O–H groups in total. The first-order valence-corrected chi connectivity index (χ1v) is 6.76. The molecule has 23 heavy (non-hydrogen) atoms. The molecule has 1 heterocycles. The van der Waals surface area contributed by atoms with Crippen molar-refractivity contribution in [3.63, 3.8) is 0 Å². The highest BCUT2D eigenvalue weighted by atomic mass is 35.5. The van der Waals surface area contributed by atoms with Gasteiger partial charge in [0.15, 0.2) is 0 Å². The Morgan fingerprint density at radius 1 is 1.26 bits per heavy atom. The predicted molar refractivity (Wildman–Crippen MR) is 89.5 cm³/mol. The Morgan fingerprint density at radius 2 is 1.87 bits per heavy atom. The molecule has 9 heteroatoms. The van der Waals surface area contributed by atoms with Gasteiger partial charge in [0.25, 0.3) is 0 Å². The molecule has 1 aromatic rings. The average Bonchev–Trinajstić information content (AvgIpc) is 2.49. The summed E-state index contributed by atoms with van der Waals surface area (Å²) >= 11 is 0. The predicted octanol–water partition coefficient (Wildman–Crippen LogP) is 1.43. The maximum atomic E-state index is 13.7. The number of amides is 1. The summed E-state index contributed by atoms with van der Waals surface area (Å²) in [5.41, 5.74) is 5.93. The fourth-order valence-electron chi connectivity index (χ4n) is 2.38. The quantitative estimate of drug-likeness (QED) is 0.869. The highest BCUT2D eigenvalue weighted by Crippen LogP contribution is 2.22. The molecule has 1 aromatic carbocycles. The van der Waals surface area contributed by atoms with Gasteiger partial charge in [0.2, 0.25) is 5.91 Å². The number of nitrogens with zero attached hydrogens (tertiary/aromatic N) is 2. The Kier molecular flexibility index (Phi) is 9.38. The van der Waals surface area contributed by atoms with Gasteiger partial charge in [-0.3, -0.25) is 4.79 Å². The molecular formula is C14H21Cl2F2N3O2. The molecule has 0 bridgehead atoms. The van der Waals surface area contributed by atoms with Crippen molar-refractivity contribution in [2.24, 2.45) is 5.73 Å². The van der Waals surface area contributed by atoms with Crippen molar-refractivity contribution in [1.82, 2.24) is 4.90 Å². The molecule has 0 aromatic heterocycles. The molecule has 1 saturated heterocycles. The lowest BCUT2D eigenvalue weighted by atomic mass is 10.2. The molecule has 5 nitrogen and oxygen atoms in total. The van der Waals surface area contributed by atoms with E-state index >= 15 is 0 Å². The van der Waals surface area contributed by atoms with Crippen molar-refractivity contribution in [3.8, 4) is 0 Å². The molecule has 1 aliphatic rings. The monoisotopic (exact) mass is 371 g/mol. The number of carbonyl (C=O) groups excluding carboxylic acids is 1. The molecule has 0 saturated carbocycles. The summed E-state index contributed by atoms with van der Waals surface area (Å²) in [7, 11) is 1.48. The minimum atomic E-state index is -0.688. The number of benzene rings is 1. The van der Waals surface area contributed by atoms with E-state index in [9.17, 15) is 13.6 Å². The summed E-state index contributed by atoms with van der Waals surface area (Å²) in [5.74, 6) is -1.13. The van der Waals surface area contributed by atoms with Gasteiger partial charge in [-0.25, -0.2) is 8.78 Å². The molecule has 1 unspecified atom stereocenters. The van der Waals surface area contributed by atoms with E-state index in [1.165, 1.54) is 13.2 Å². The number of rotatable bonds is 4. The van der Waals surface area contributed by atoms with E-state index in [0.717, 1.165) is 12.1 Å². The zero-order valence-corrected chi connectivity index (χ0v) is 14.3. The molecule has 1 aliphatic heterocycles. The lowest BCUT2D eigenvalue weighted by molar-refractivity contribution is -0.134. The van der Waals surface area contributed by atoms with E-state index in [0.29, 0.717) is 26.2 Å². The number of piperazine rings is 1. The van der Waals surface area contributed by atoms with Crippen molar-refractivity contribution in [3.05, 3.63) is 29.8 Å². The van der Waals surface area contributed by atoms with Gasteiger partial charge in [0.1, 0.15) is 17.7 Å². The Balaban J connectivity index is 0.00000242. The zero-order valence-electron chi connectivity index (χ0n) is 12.7. The van der Waals surface area contributed by atoms with Crippen LogP contribution in [-0.4, -0.2) is 56.7 Å². The highest BCUT2D eigenvalue weighted by Gasteiger charge is 2.26. The van der Waals surface area contributed by atoms with Gasteiger partial charge in [-0.1, -0.05) is 0 Å². The summed E-state index contributed by atoms with van der Waals surface area (Å²) < 4.78 is 31.8. The van der Waals surface area contributed by atoms with Crippen LogP contribution in [0.2, 0.25) is 0 Å². The van der Waals surface area contributed by atoms with Crippen LogP contribution in [0.5, 0.6) is 0 Å². The van der Waals surface area contributed by atoms with Gasteiger partial charge >= 0.3 is 0 Å². The highest BCUT2D eigenvalue weighted by molar-refractivity contribution is 5.85. The summed E-state index contributed by atoms with van der Waals surface area (Å²) in [5, 5.41) is 0. The normalized spacial score (nSPS) is 15.5. The lowest BCUT2D eigenvalue weighted by Gasteiger charge is -2.37. The van der Waals surface area contributed by atoms with Crippen molar-refractivity contribution < 1.29 is 18.3 Å². The van der Waals surface area contributed by atoms with E-state index in [-0.39, 0.29) is 43.0 Å². The van der Waals surface area contributed by atoms with Crippen molar-refractivity contribution >= 4 is 36.4 Å². The minimum absolute atomic E-state index is 0. The smallest absolute Gasteiger partial charge is 0.241 e. The van der Waals surface area contributed by atoms with E-state index in [4.69, 9.17) is 10.5 Å². The molecule has 1 amide bonds. The maximum absolute atomic E-state index is 13.7. The Labute approximate surface area is 146 Å². The van der Waals surface area contributed by atoms with E-state index in [2.05, 4.69) is 0 Å². The Hall–Kier alpha value is -1.15. The molecule has 0 aliphatic carbocycles. The topological polar surface area (TPSA) is 58.8 Å². The summed E-state index contributed by atoms with van der Waals surface area (Å²) in [6.07, 6.45) is 0. The molecule has 0 spiro atoms. The second kappa shape index (κ2) is 9.87. The maximum Gasteiger partial charge on any atom is 0.241 e. The molecule has 132 valence electrons. The van der Waals surface area contributed by atoms with Crippen LogP contribution >= 0.6 is 24.8 Å². The van der Waals surface area contributed by atoms with Crippen LogP contribution in [0, 0.1) is 11.6 Å². The largest absolute Gasteiger partial charge is 0.383 e. The first kappa shape index (κ1) is 21.9. The standard InChI is InChI=1S/C14H19F2N3O2.2ClH/c1-21-9-12(17)14(20)19-6-4-18(5-7-19)13-8-10(15)2-3-11(13)16;;/h2-3,8,12H,4-7,9,17H2,1H3;2*1H. The van der Waals surface area contributed by atoms with Crippen LogP contribution in [-0.2, 0) is 9.53 Å². The number of nitrogens with two attached hydrogens (primary N) is 1. The number of halogens is 4. The summed E-state index contributed by atoms with van der Waals surface area (Å²) in [6.45, 7) is 1.88. The third-order valence-corrected chi connectivity index (χ3v) is 3.50. The third kappa shape index (κ3) is 5.46. The van der Waals surface area contributed by atoms with E-state index < -0.39 is 17.7 Å². The van der Waals surface area contributed by atoms with Gasteiger partial charge < -0.3 is 20.3 Å². The van der Waals surface area contributed by atoms with Crippen molar-refractivity contribution in [2.75, 3.05) is 44.8 Å². The van der Waals surface area contributed by atoms with Crippen LogP contribution in [0.15, 0.2) is 18.2 Å². The zero-order chi connectivity index (χ0) is 15.4. The summed E-state index contributed by atoms with van der Waals surface area (Å²) in [6, 6.07) is 2.68. The molecule has 2 rings (SSSR count). The second-order valence-electron chi connectivity index (χ2n) is 4.97. The number of ether oxygens (including phenoxy) is 1. The number of anilines is 1. The number of methoxy groups -OCH3 is 1. The average molecular weight is 372 g/mol. The molecular weight excluding hydrogens is 351 g/mol. The number of hydrogen-bond donors (Lipinski definition) is 1. The molecule has 1 atom stereocenters. The molecule has 0 radical (unpaired) electrons. The molecule has 1 fully saturated rings. The van der Waals surface area contributed by atoms with Gasteiger partial charge in [-0.05, 0) is 12.1 Å². The Bertz CT molecular complexity index is 515. The fraction of sp³-hybridized carbons (Fsp3) is 0.500. The van der Waals surface area contributed by atoms with Crippen LogP contribution in [0.4, 0.5) is 14.5 Å². The van der Waals surface area contributed by atoms with E-state index in [1.807, 2.05) is 0 Å². The third-order valence-electron chi connectivity index (χ3n) is 3.50. The number of carbonyl (C=O) groups is 1. The van der Waals surface area contributed by atoms with Crippen LogP contribution in [0.3, 0.4) is 0 Å². The lowest BCUT2D eigenvalue weighted by Crippen LogP contribution is -2.54. The SMILES string of the molecule is COCC(N)C(=O)N1CCN(c2cc(F)ccc2F)CC1.Cl.Cl. The van der Waals surface area contributed by atoms with Crippen LogP contribution < -0.4 is 10.6 Å². The van der Waals surface area contributed by atoms with Gasteiger partial charge in [-0.2, -0.15) is 0 Å². The van der Waals surface area contributed by atoms with Crippen LogP contribution in [0.25, 0.3) is 0 Å². The van der Waals surface area contributed by atoms with E-state index in [1.54, 1.807) is 9.80 Å². The van der Waals surface area contributed by atoms with Gasteiger partial charge in [-0.15, -0.1) is 24.8 Å². The van der Waals surface area contributed by atoms with Crippen molar-refractivity contribution in [1.29, 1.82) is 0 Å². The Morgan fingerprint density at radius 3 is 2.43 bits per heavy atom. The minimum Gasteiger partial charge on any atom is -0.383 e. The first-order valence-electron chi connectivity index (χ1n) is 6.76. The van der Waals surface area contributed by atoms with Gasteiger partial charge in [0.05, 0.1) is 12.3 Å². The number of hydrogen-bond acceptors (Lipinski definition) is 4. The fourth-order valence-corrected chi connectivity index (χ4v) is 2.38. The van der Waals surface area contributed by atoms with Crippen molar-refractivity contribution in [2.45, 2.75) is 6.04 Å². The summed E-state index contributed by atoms with van der Waals surface area (Å²) in [4.78, 5) is 15.4. The van der Waals surface area contributed by atoms with Gasteiger partial charge in [0, 0.05) is 39.4 Å².